The van der Waals surface area contributed by atoms with E-state index in [0.29, 0.717) is 6.54 Å². The lowest BCUT2D eigenvalue weighted by molar-refractivity contribution is 0.229. The average molecular weight is 327 g/mol. The maximum atomic E-state index is 11.6. The SMILES string of the molecule is CCS(=O)(=O)CCN(C)C1CC(c2ccc(OC)cc2)NN1. The Kier molecular flexibility index (Phi) is 5.80. The van der Waals surface area contributed by atoms with Gasteiger partial charge in [0.05, 0.1) is 19.0 Å². The molecule has 1 heterocycles. The largest absolute Gasteiger partial charge is 0.497 e. The van der Waals surface area contributed by atoms with Gasteiger partial charge in [0.1, 0.15) is 5.75 Å². The lowest BCUT2D eigenvalue weighted by Crippen LogP contribution is -2.44. The Morgan fingerprint density at radius 1 is 1.27 bits per heavy atom. The third-order valence-corrected chi connectivity index (χ3v) is 5.81. The second kappa shape index (κ2) is 7.41. The summed E-state index contributed by atoms with van der Waals surface area (Å²) in [6.07, 6.45) is 1.01. The summed E-state index contributed by atoms with van der Waals surface area (Å²) in [5, 5.41) is 0. The molecule has 0 aliphatic carbocycles. The first-order valence-corrected chi connectivity index (χ1v) is 9.33. The fraction of sp³-hybridized carbons (Fsp3) is 0.600. The van der Waals surface area contributed by atoms with Crippen LogP contribution in [-0.4, -0.2) is 51.7 Å². The van der Waals surface area contributed by atoms with E-state index in [1.165, 1.54) is 5.56 Å². The molecule has 2 unspecified atom stereocenters. The van der Waals surface area contributed by atoms with E-state index < -0.39 is 9.84 Å². The van der Waals surface area contributed by atoms with Crippen LogP contribution in [0.3, 0.4) is 0 Å². The van der Waals surface area contributed by atoms with Crippen LogP contribution in [-0.2, 0) is 9.84 Å². The van der Waals surface area contributed by atoms with E-state index in [2.05, 4.69) is 10.9 Å². The number of sulfone groups is 1. The van der Waals surface area contributed by atoms with Crippen LogP contribution in [0.1, 0.15) is 24.9 Å². The van der Waals surface area contributed by atoms with Gasteiger partial charge in [-0.25, -0.2) is 19.3 Å². The quantitative estimate of drug-likeness (QED) is 0.776. The van der Waals surface area contributed by atoms with E-state index in [1.807, 2.05) is 36.2 Å². The number of hydrogen-bond donors (Lipinski definition) is 2. The van der Waals surface area contributed by atoms with Crippen LogP contribution in [0, 0.1) is 0 Å². The number of rotatable bonds is 7. The minimum atomic E-state index is -2.92. The molecule has 22 heavy (non-hydrogen) atoms. The number of nitrogens with zero attached hydrogens (tertiary/aromatic N) is 1. The molecule has 1 aromatic carbocycles. The first kappa shape index (κ1) is 17.2. The van der Waals surface area contributed by atoms with Crippen molar-refractivity contribution >= 4 is 9.84 Å². The van der Waals surface area contributed by atoms with Gasteiger partial charge in [0.15, 0.2) is 9.84 Å². The highest BCUT2D eigenvalue weighted by Crippen LogP contribution is 2.25. The monoisotopic (exact) mass is 327 g/mol. The van der Waals surface area contributed by atoms with Gasteiger partial charge in [-0.05, 0) is 31.2 Å². The predicted molar refractivity (Wildman–Crippen MR) is 87.4 cm³/mol. The van der Waals surface area contributed by atoms with E-state index in [1.54, 1.807) is 14.0 Å². The van der Waals surface area contributed by atoms with Gasteiger partial charge in [0.25, 0.3) is 0 Å². The normalized spacial score (nSPS) is 22.2. The number of hydrogen-bond acceptors (Lipinski definition) is 6. The van der Waals surface area contributed by atoms with Gasteiger partial charge >= 0.3 is 0 Å². The van der Waals surface area contributed by atoms with Crippen molar-refractivity contribution in [1.29, 1.82) is 0 Å². The maximum Gasteiger partial charge on any atom is 0.151 e. The smallest absolute Gasteiger partial charge is 0.151 e. The van der Waals surface area contributed by atoms with Crippen LogP contribution in [0.25, 0.3) is 0 Å². The van der Waals surface area contributed by atoms with Gasteiger partial charge in [-0.15, -0.1) is 0 Å². The molecule has 1 aliphatic rings. The zero-order valence-corrected chi connectivity index (χ0v) is 14.2. The lowest BCUT2D eigenvalue weighted by atomic mass is 10.0. The Morgan fingerprint density at radius 2 is 1.95 bits per heavy atom. The summed E-state index contributed by atoms with van der Waals surface area (Å²) in [6.45, 7) is 2.22. The predicted octanol–water partition coefficient (Wildman–Crippen LogP) is 0.927. The zero-order valence-electron chi connectivity index (χ0n) is 13.4. The number of nitrogens with one attached hydrogen (secondary N) is 2. The standard InChI is InChI=1S/C15H25N3O3S/c1-4-22(19,20)10-9-18(2)15-11-14(16-17-15)12-5-7-13(21-3)8-6-12/h5-8,14-17H,4,9-11H2,1-3H3. The Labute approximate surface area is 132 Å². The van der Waals surface area contributed by atoms with Crippen LogP contribution < -0.4 is 15.6 Å². The highest BCUT2D eigenvalue weighted by Gasteiger charge is 2.28. The molecule has 7 heteroatoms. The van der Waals surface area contributed by atoms with Crippen molar-refractivity contribution in [2.24, 2.45) is 0 Å². The minimum absolute atomic E-state index is 0.124. The van der Waals surface area contributed by atoms with Crippen molar-refractivity contribution in [1.82, 2.24) is 15.8 Å². The molecule has 2 rings (SSSR count). The Morgan fingerprint density at radius 3 is 2.55 bits per heavy atom. The van der Waals surface area contributed by atoms with Crippen molar-refractivity contribution in [3.05, 3.63) is 29.8 Å². The third kappa shape index (κ3) is 4.42. The van der Waals surface area contributed by atoms with Crippen LogP contribution in [0.2, 0.25) is 0 Å². The molecule has 0 saturated carbocycles. The molecule has 0 radical (unpaired) electrons. The number of hydrazine groups is 1. The van der Waals surface area contributed by atoms with Gasteiger partial charge in [0.2, 0.25) is 0 Å². The van der Waals surface area contributed by atoms with E-state index in [9.17, 15) is 8.42 Å². The van der Waals surface area contributed by atoms with Crippen LogP contribution >= 0.6 is 0 Å². The topological polar surface area (TPSA) is 70.7 Å². The molecule has 2 N–H and O–H groups in total. The second-order valence-electron chi connectivity index (χ2n) is 5.58. The molecule has 124 valence electrons. The van der Waals surface area contributed by atoms with Gasteiger partial charge < -0.3 is 4.74 Å². The summed E-state index contributed by atoms with van der Waals surface area (Å²) >= 11 is 0. The van der Waals surface area contributed by atoms with Crippen LogP contribution in [0.15, 0.2) is 24.3 Å². The number of benzene rings is 1. The summed E-state index contributed by atoms with van der Waals surface area (Å²) in [7, 11) is 0.677. The molecule has 1 fully saturated rings. The van der Waals surface area contributed by atoms with Gasteiger partial charge in [0, 0.05) is 18.3 Å². The molecule has 6 nitrogen and oxygen atoms in total. The fourth-order valence-electron chi connectivity index (χ4n) is 2.47. The molecule has 1 aromatic rings. The fourth-order valence-corrected chi connectivity index (χ4v) is 3.32. The summed E-state index contributed by atoms with van der Waals surface area (Å²) < 4.78 is 28.3. The molecule has 1 aliphatic heterocycles. The van der Waals surface area contributed by atoms with Crippen molar-refractivity contribution < 1.29 is 13.2 Å². The molecule has 0 bridgehead atoms. The summed E-state index contributed by atoms with van der Waals surface area (Å²) in [5.41, 5.74) is 7.69. The van der Waals surface area contributed by atoms with Crippen molar-refractivity contribution in [2.45, 2.75) is 25.6 Å². The minimum Gasteiger partial charge on any atom is -0.497 e. The van der Waals surface area contributed by atoms with Gasteiger partial charge in [-0.2, -0.15) is 0 Å². The highest BCUT2D eigenvalue weighted by molar-refractivity contribution is 7.91. The van der Waals surface area contributed by atoms with Crippen molar-refractivity contribution in [3.8, 4) is 5.75 Å². The zero-order chi connectivity index (χ0) is 16.2. The maximum absolute atomic E-state index is 11.6. The van der Waals surface area contributed by atoms with Crippen LogP contribution in [0.5, 0.6) is 5.75 Å². The highest BCUT2D eigenvalue weighted by atomic mass is 32.2. The Bertz CT molecular complexity index is 574. The molecule has 0 spiro atoms. The Balaban J connectivity index is 1.88. The van der Waals surface area contributed by atoms with E-state index >= 15 is 0 Å². The van der Waals surface area contributed by atoms with Crippen molar-refractivity contribution in [3.63, 3.8) is 0 Å². The van der Waals surface area contributed by atoms with E-state index in [0.717, 1.165) is 12.2 Å². The third-order valence-electron chi connectivity index (χ3n) is 4.13. The summed E-state index contributed by atoms with van der Waals surface area (Å²) in [4.78, 5) is 2.05. The molecule has 1 saturated heterocycles. The van der Waals surface area contributed by atoms with Crippen LogP contribution in [0.4, 0.5) is 0 Å². The average Bonchev–Trinajstić information content (AvgIpc) is 3.03. The van der Waals surface area contributed by atoms with Gasteiger partial charge in [-0.3, -0.25) is 4.90 Å². The lowest BCUT2D eigenvalue weighted by Gasteiger charge is -2.23. The number of ether oxygens (including phenoxy) is 1. The van der Waals surface area contributed by atoms with E-state index in [4.69, 9.17) is 4.74 Å². The molecule has 0 aromatic heterocycles. The molecular formula is C15H25N3O3S. The number of methoxy groups -OCH3 is 1. The van der Waals surface area contributed by atoms with Gasteiger partial charge in [-0.1, -0.05) is 19.1 Å². The first-order valence-electron chi connectivity index (χ1n) is 7.51. The first-order chi connectivity index (χ1) is 10.4. The molecular weight excluding hydrogens is 302 g/mol. The van der Waals surface area contributed by atoms with E-state index in [-0.39, 0.29) is 23.7 Å². The van der Waals surface area contributed by atoms with Crippen molar-refractivity contribution in [2.75, 3.05) is 32.2 Å². The summed E-state index contributed by atoms with van der Waals surface area (Å²) in [6, 6.07) is 8.19. The molecule has 2 atom stereocenters. The summed E-state index contributed by atoms with van der Waals surface area (Å²) in [5.74, 6) is 1.24. The molecule has 0 amide bonds. The second-order valence-corrected chi connectivity index (χ2v) is 8.06. The Hall–Kier alpha value is -1.15.